The molecule has 70 valence electrons. The van der Waals surface area contributed by atoms with Gasteiger partial charge in [-0.25, -0.2) is 0 Å². The van der Waals surface area contributed by atoms with Crippen molar-refractivity contribution in [2.24, 2.45) is 5.41 Å². The summed E-state index contributed by atoms with van der Waals surface area (Å²) in [5, 5.41) is 8.69. The van der Waals surface area contributed by atoms with Gasteiger partial charge in [0.25, 0.3) is 0 Å². The van der Waals surface area contributed by atoms with Crippen molar-refractivity contribution < 1.29 is 9.90 Å². The van der Waals surface area contributed by atoms with Gasteiger partial charge in [0.2, 0.25) is 0 Å². The minimum atomic E-state index is -0.0893. The van der Waals surface area contributed by atoms with Crippen LogP contribution in [0.15, 0.2) is 0 Å². The predicted molar refractivity (Wildman–Crippen MR) is 51.4 cm³/mol. The van der Waals surface area contributed by atoms with Crippen molar-refractivity contribution in [1.82, 2.24) is 0 Å². The summed E-state index contributed by atoms with van der Waals surface area (Å²) in [5.74, 6) is 2.20. The van der Waals surface area contributed by atoms with Crippen LogP contribution in [0.4, 0.5) is 0 Å². The molecule has 0 aromatic carbocycles. The Hall–Kier alpha value is -0.0200. The Balaban J connectivity index is 2.42. The van der Waals surface area contributed by atoms with E-state index in [1.807, 2.05) is 11.8 Å². The zero-order valence-corrected chi connectivity index (χ0v) is 8.11. The van der Waals surface area contributed by atoms with Gasteiger partial charge in [-0.3, -0.25) is 0 Å². The lowest BCUT2D eigenvalue weighted by molar-refractivity contribution is -0.117. The van der Waals surface area contributed by atoms with Crippen LogP contribution in [0.25, 0.3) is 0 Å². The highest BCUT2D eigenvalue weighted by molar-refractivity contribution is 7.99. The van der Waals surface area contributed by atoms with E-state index in [0.29, 0.717) is 0 Å². The molecule has 1 heterocycles. The topological polar surface area (TPSA) is 37.3 Å². The minimum absolute atomic E-state index is 0.0893. The van der Waals surface area contributed by atoms with Crippen LogP contribution in [0.1, 0.15) is 25.7 Å². The summed E-state index contributed by atoms with van der Waals surface area (Å²) < 4.78 is 0. The Labute approximate surface area is 77.7 Å². The molecular weight excluding hydrogens is 172 g/mol. The zero-order valence-electron chi connectivity index (χ0n) is 7.29. The molecular formula is C9H16O2S. The molecule has 0 atom stereocenters. The highest BCUT2D eigenvalue weighted by Crippen LogP contribution is 2.36. The first kappa shape index (κ1) is 10.1. The molecule has 0 saturated carbocycles. The first-order valence-electron chi connectivity index (χ1n) is 4.48. The SMILES string of the molecule is O=CC1(CCCO)CCSCC1. The lowest BCUT2D eigenvalue weighted by Crippen LogP contribution is -2.28. The molecule has 0 spiro atoms. The summed E-state index contributed by atoms with van der Waals surface area (Å²) in [6, 6.07) is 0. The van der Waals surface area contributed by atoms with Crippen LogP contribution in [-0.2, 0) is 4.79 Å². The summed E-state index contributed by atoms with van der Waals surface area (Å²) in [7, 11) is 0. The summed E-state index contributed by atoms with van der Waals surface area (Å²) in [5.41, 5.74) is -0.0893. The second-order valence-corrected chi connectivity index (χ2v) is 4.64. The lowest BCUT2D eigenvalue weighted by atomic mass is 9.79. The number of aldehydes is 1. The van der Waals surface area contributed by atoms with Crippen LogP contribution < -0.4 is 0 Å². The predicted octanol–water partition coefficient (Wildman–Crippen LogP) is 1.47. The number of thioether (sulfide) groups is 1. The van der Waals surface area contributed by atoms with Crippen molar-refractivity contribution in [3.05, 3.63) is 0 Å². The second kappa shape index (κ2) is 4.87. The van der Waals surface area contributed by atoms with Crippen LogP contribution in [0.3, 0.4) is 0 Å². The summed E-state index contributed by atoms with van der Waals surface area (Å²) in [4.78, 5) is 10.9. The molecule has 3 heteroatoms. The molecule has 1 rings (SSSR count). The van der Waals surface area contributed by atoms with E-state index in [0.717, 1.165) is 43.5 Å². The third kappa shape index (κ3) is 2.49. The minimum Gasteiger partial charge on any atom is -0.396 e. The van der Waals surface area contributed by atoms with E-state index in [9.17, 15) is 4.79 Å². The molecule has 0 aliphatic carbocycles. The van der Waals surface area contributed by atoms with Gasteiger partial charge in [0.1, 0.15) is 6.29 Å². The quantitative estimate of drug-likeness (QED) is 0.679. The number of carbonyl (C=O) groups excluding carboxylic acids is 1. The van der Waals surface area contributed by atoms with E-state index >= 15 is 0 Å². The Morgan fingerprint density at radius 3 is 2.58 bits per heavy atom. The number of aliphatic hydroxyl groups excluding tert-OH is 1. The Morgan fingerprint density at radius 2 is 2.08 bits per heavy atom. The maximum atomic E-state index is 10.9. The molecule has 0 unspecified atom stereocenters. The van der Waals surface area contributed by atoms with Crippen LogP contribution in [0.5, 0.6) is 0 Å². The van der Waals surface area contributed by atoms with Gasteiger partial charge in [0.05, 0.1) is 0 Å². The van der Waals surface area contributed by atoms with Crippen LogP contribution in [0, 0.1) is 5.41 Å². The number of carbonyl (C=O) groups is 1. The normalized spacial score (nSPS) is 22.1. The van der Waals surface area contributed by atoms with Crippen molar-refractivity contribution in [3.63, 3.8) is 0 Å². The van der Waals surface area contributed by atoms with E-state index in [-0.39, 0.29) is 12.0 Å². The number of aliphatic hydroxyl groups is 1. The molecule has 0 aromatic rings. The van der Waals surface area contributed by atoms with E-state index in [4.69, 9.17) is 5.11 Å². The summed E-state index contributed by atoms with van der Waals surface area (Å²) in [6.07, 6.45) is 4.75. The maximum absolute atomic E-state index is 10.9. The van der Waals surface area contributed by atoms with Gasteiger partial charge in [-0.05, 0) is 37.2 Å². The average Bonchev–Trinajstić information content (AvgIpc) is 2.16. The molecule has 1 aliphatic rings. The number of hydrogen-bond acceptors (Lipinski definition) is 3. The van der Waals surface area contributed by atoms with Crippen LogP contribution >= 0.6 is 11.8 Å². The van der Waals surface area contributed by atoms with Crippen LogP contribution in [-0.4, -0.2) is 29.5 Å². The van der Waals surface area contributed by atoms with Gasteiger partial charge in [-0.1, -0.05) is 0 Å². The second-order valence-electron chi connectivity index (χ2n) is 3.42. The molecule has 1 N–H and O–H groups in total. The van der Waals surface area contributed by atoms with Gasteiger partial charge < -0.3 is 9.90 Å². The lowest BCUT2D eigenvalue weighted by Gasteiger charge is -2.31. The number of hydrogen-bond donors (Lipinski definition) is 1. The van der Waals surface area contributed by atoms with Crippen molar-refractivity contribution >= 4 is 18.0 Å². The Bertz CT molecular complexity index is 141. The van der Waals surface area contributed by atoms with Gasteiger partial charge >= 0.3 is 0 Å². The van der Waals surface area contributed by atoms with Gasteiger partial charge in [0.15, 0.2) is 0 Å². The molecule has 1 saturated heterocycles. The van der Waals surface area contributed by atoms with E-state index < -0.39 is 0 Å². The molecule has 0 amide bonds. The molecule has 12 heavy (non-hydrogen) atoms. The van der Waals surface area contributed by atoms with Crippen LogP contribution in [0.2, 0.25) is 0 Å². The molecule has 1 fully saturated rings. The molecule has 0 bridgehead atoms. The fourth-order valence-electron chi connectivity index (χ4n) is 1.64. The maximum Gasteiger partial charge on any atom is 0.126 e. The van der Waals surface area contributed by atoms with E-state index in [2.05, 4.69) is 0 Å². The average molecular weight is 188 g/mol. The van der Waals surface area contributed by atoms with Crippen molar-refractivity contribution in [1.29, 1.82) is 0 Å². The van der Waals surface area contributed by atoms with Gasteiger partial charge in [-0.2, -0.15) is 11.8 Å². The molecule has 0 aromatic heterocycles. The van der Waals surface area contributed by atoms with Crippen molar-refractivity contribution in [3.8, 4) is 0 Å². The first-order valence-corrected chi connectivity index (χ1v) is 5.63. The highest BCUT2D eigenvalue weighted by atomic mass is 32.2. The monoisotopic (exact) mass is 188 g/mol. The van der Waals surface area contributed by atoms with E-state index in [1.165, 1.54) is 0 Å². The van der Waals surface area contributed by atoms with E-state index in [1.54, 1.807) is 0 Å². The fraction of sp³-hybridized carbons (Fsp3) is 0.889. The highest BCUT2D eigenvalue weighted by Gasteiger charge is 2.30. The zero-order chi connectivity index (χ0) is 8.86. The Morgan fingerprint density at radius 1 is 1.42 bits per heavy atom. The fourth-order valence-corrected chi connectivity index (χ4v) is 2.94. The molecule has 0 radical (unpaired) electrons. The third-order valence-electron chi connectivity index (χ3n) is 2.57. The Kier molecular flexibility index (Phi) is 4.09. The number of rotatable bonds is 4. The smallest absolute Gasteiger partial charge is 0.126 e. The largest absolute Gasteiger partial charge is 0.396 e. The van der Waals surface area contributed by atoms with Crippen molar-refractivity contribution in [2.45, 2.75) is 25.7 Å². The first-order chi connectivity index (χ1) is 5.83. The third-order valence-corrected chi connectivity index (χ3v) is 3.56. The summed E-state index contributed by atoms with van der Waals surface area (Å²) in [6.45, 7) is 0.211. The van der Waals surface area contributed by atoms with Gasteiger partial charge in [-0.15, -0.1) is 0 Å². The summed E-state index contributed by atoms with van der Waals surface area (Å²) >= 11 is 1.92. The molecule has 2 nitrogen and oxygen atoms in total. The molecule has 1 aliphatic heterocycles. The standard InChI is InChI=1S/C9H16O2S/c10-5-1-2-9(8-11)3-6-12-7-4-9/h8,10H,1-7H2. The van der Waals surface area contributed by atoms with Gasteiger partial charge in [0, 0.05) is 12.0 Å². The van der Waals surface area contributed by atoms with Crippen molar-refractivity contribution in [2.75, 3.05) is 18.1 Å².